The lowest BCUT2D eigenvalue weighted by Gasteiger charge is -2.22. The number of anilines is 2. The zero-order valence-corrected chi connectivity index (χ0v) is 11.4. The highest BCUT2D eigenvalue weighted by Gasteiger charge is 2.11. The molecule has 1 aromatic carbocycles. The number of aromatic nitrogens is 2. The van der Waals surface area contributed by atoms with Gasteiger partial charge in [0.25, 0.3) is 0 Å². The Bertz CT molecular complexity index is 536. The van der Waals surface area contributed by atoms with E-state index in [9.17, 15) is 0 Å². The maximum Gasteiger partial charge on any atom is 0.224 e. The van der Waals surface area contributed by atoms with Crippen LogP contribution < -0.4 is 10.2 Å². The monoisotopic (exact) mass is 244 g/mol. The molecule has 4 nitrogen and oxygen atoms in total. The van der Waals surface area contributed by atoms with Crippen LogP contribution in [-0.2, 0) is 0 Å². The lowest BCUT2D eigenvalue weighted by Crippen LogP contribution is -2.24. The summed E-state index contributed by atoms with van der Waals surface area (Å²) in [6.45, 7) is 5.39. The maximum absolute atomic E-state index is 4.58. The van der Waals surface area contributed by atoms with Crippen molar-refractivity contribution in [3.63, 3.8) is 0 Å². The molecule has 1 heterocycles. The molecule has 1 N–H and O–H groups in total. The molecule has 18 heavy (non-hydrogen) atoms. The van der Waals surface area contributed by atoms with Gasteiger partial charge in [-0.2, -0.15) is 4.98 Å². The van der Waals surface area contributed by atoms with E-state index in [0.717, 1.165) is 23.3 Å². The second-order valence-electron chi connectivity index (χ2n) is 4.91. The van der Waals surface area contributed by atoms with Crippen molar-refractivity contribution in [2.75, 3.05) is 30.9 Å². The first-order valence-corrected chi connectivity index (χ1v) is 6.27. The molecule has 0 aliphatic heterocycles. The average Bonchev–Trinajstić information content (AvgIpc) is 2.36. The quantitative estimate of drug-likeness (QED) is 0.898. The molecule has 1 aromatic heterocycles. The van der Waals surface area contributed by atoms with Crippen LogP contribution in [0.2, 0.25) is 0 Å². The smallest absolute Gasteiger partial charge is 0.224 e. The van der Waals surface area contributed by atoms with Gasteiger partial charge in [-0.3, -0.25) is 0 Å². The number of para-hydroxylation sites is 1. The van der Waals surface area contributed by atoms with Crippen LogP contribution in [0.3, 0.4) is 0 Å². The number of fused-ring (bicyclic) bond motifs is 1. The van der Waals surface area contributed by atoms with Gasteiger partial charge in [-0.15, -0.1) is 0 Å². The van der Waals surface area contributed by atoms with E-state index >= 15 is 0 Å². The first-order chi connectivity index (χ1) is 8.61. The zero-order chi connectivity index (χ0) is 13.1. The Morgan fingerprint density at radius 3 is 2.61 bits per heavy atom. The van der Waals surface area contributed by atoms with E-state index < -0.39 is 0 Å². The lowest BCUT2D eigenvalue weighted by molar-refractivity contribution is 0.636. The molecule has 2 aromatic rings. The second kappa shape index (κ2) is 5.21. The minimum atomic E-state index is 0.599. The van der Waals surface area contributed by atoms with Crippen molar-refractivity contribution in [3.8, 4) is 0 Å². The van der Waals surface area contributed by atoms with Crippen LogP contribution in [0.25, 0.3) is 10.9 Å². The molecule has 0 atom stereocenters. The van der Waals surface area contributed by atoms with Crippen LogP contribution in [0.5, 0.6) is 0 Å². The fourth-order valence-electron chi connectivity index (χ4n) is 2.10. The topological polar surface area (TPSA) is 41.1 Å². The molecule has 2 rings (SSSR count). The van der Waals surface area contributed by atoms with Crippen LogP contribution in [0, 0.1) is 5.92 Å². The molecule has 0 aliphatic rings. The Labute approximate surface area is 108 Å². The van der Waals surface area contributed by atoms with E-state index in [4.69, 9.17) is 0 Å². The van der Waals surface area contributed by atoms with Crippen molar-refractivity contribution in [3.05, 3.63) is 24.3 Å². The Morgan fingerprint density at radius 1 is 1.22 bits per heavy atom. The summed E-state index contributed by atoms with van der Waals surface area (Å²) in [5.41, 5.74) is 0.974. The molecule has 0 spiro atoms. The predicted molar refractivity (Wildman–Crippen MR) is 77.2 cm³/mol. The lowest BCUT2D eigenvalue weighted by atomic mass is 10.2. The summed E-state index contributed by atoms with van der Waals surface area (Å²) in [5, 5.41) is 4.12. The van der Waals surface area contributed by atoms with Crippen LogP contribution >= 0.6 is 0 Å². The fraction of sp³-hybridized carbons (Fsp3) is 0.429. The van der Waals surface area contributed by atoms with E-state index in [2.05, 4.69) is 47.1 Å². The molecule has 0 unspecified atom stereocenters. The molecule has 96 valence electrons. The van der Waals surface area contributed by atoms with Crippen LogP contribution in [0.4, 0.5) is 11.8 Å². The summed E-state index contributed by atoms with van der Waals surface area (Å²) < 4.78 is 0. The standard InChI is InChI=1S/C14H20N4/c1-10(2)9-18(4)13-11-7-5-6-8-12(11)16-14(15-3)17-13/h5-8,10H,9H2,1-4H3,(H,15,16,17). The van der Waals surface area contributed by atoms with Crippen molar-refractivity contribution in [2.24, 2.45) is 5.92 Å². The number of nitrogens with one attached hydrogen (secondary N) is 1. The highest BCUT2D eigenvalue weighted by atomic mass is 15.2. The highest BCUT2D eigenvalue weighted by molar-refractivity contribution is 5.90. The second-order valence-corrected chi connectivity index (χ2v) is 4.91. The van der Waals surface area contributed by atoms with Crippen molar-refractivity contribution < 1.29 is 0 Å². The van der Waals surface area contributed by atoms with Gasteiger partial charge in [-0.05, 0) is 18.1 Å². The summed E-state index contributed by atoms with van der Waals surface area (Å²) in [6, 6.07) is 8.12. The van der Waals surface area contributed by atoms with Gasteiger partial charge in [-0.1, -0.05) is 26.0 Å². The van der Waals surface area contributed by atoms with Gasteiger partial charge < -0.3 is 10.2 Å². The van der Waals surface area contributed by atoms with Crippen LogP contribution in [0.15, 0.2) is 24.3 Å². The number of rotatable bonds is 4. The van der Waals surface area contributed by atoms with Crippen LogP contribution in [-0.4, -0.2) is 30.6 Å². The van der Waals surface area contributed by atoms with Gasteiger partial charge in [0.05, 0.1) is 5.52 Å². The molecule has 0 saturated heterocycles. The number of nitrogens with zero attached hydrogens (tertiary/aromatic N) is 3. The van der Waals surface area contributed by atoms with E-state index in [1.165, 1.54) is 0 Å². The molecule has 0 saturated carbocycles. The van der Waals surface area contributed by atoms with Crippen molar-refractivity contribution in [1.82, 2.24) is 9.97 Å². The third-order valence-corrected chi connectivity index (χ3v) is 2.81. The van der Waals surface area contributed by atoms with Gasteiger partial charge in [0, 0.05) is 26.0 Å². The minimum absolute atomic E-state index is 0.599. The molecule has 0 radical (unpaired) electrons. The Balaban J connectivity index is 2.53. The maximum atomic E-state index is 4.58. The van der Waals surface area contributed by atoms with E-state index in [0.29, 0.717) is 11.9 Å². The van der Waals surface area contributed by atoms with E-state index in [-0.39, 0.29) is 0 Å². The van der Waals surface area contributed by atoms with Crippen molar-refractivity contribution in [2.45, 2.75) is 13.8 Å². The highest BCUT2D eigenvalue weighted by Crippen LogP contribution is 2.24. The van der Waals surface area contributed by atoms with E-state index in [1.807, 2.05) is 25.2 Å². The summed E-state index contributed by atoms with van der Waals surface area (Å²) in [7, 11) is 3.92. The first-order valence-electron chi connectivity index (χ1n) is 6.27. The van der Waals surface area contributed by atoms with Gasteiger partial charge in [0.15, 0.2) is 0 Å². The Hall–Kier alpha value is -1.84. The third kappa shape index (κ3) is 2.53. The first kappa shape index (κ1) is 12.6. The molecular weight excluding hydrogens is 224 g/mol. The van der Waals surface area contributed by atoms with Gasteiger partial charge in [-0.25, -0.2) is 4.98 Å². The van der Waals surface area contributed by atoms with Gasteiger partial charge in [0.1, 0.15) is 5.82 Å². The van der Waals surface area contributed by atoms with Gasteiger partial charge >= 0.3 is 0 Å². The van der Waals surface area contributed by atoms with Crippen molar-refractivity contribution in [1.29, 1.82) is 0 Å². The normalized spacial score (nSPS) is 10.9. The summed E-state index contributed by atoms with van der Waals surface area (Å²) in [4.78, 5) is 11.2. The molecule has 0 amide bonds. The number of hydrogen-bond donors (Lipinski definition) is 1. The molecule has 0 aliphatic carbocycles. The van der Waals surface area contributed by atoms with E-state index in [1.54, 1.807) is 0 Å². The fourth-order valence-corrected chi connectivity index (χ4v) is 2.10. The summed E-state index contributed by atoms with van der Waals surface area (Å²) >= 11 is 0. The molecule has 0 bridgehead atoms. The molecule has 4 heteroatoms. The SMILES string of the molecule is CNc1nc(N(C)CC(C)C)c2ccccc2n1. The average molecular weight is 244 g/mol. The van der Waals surface area contributed by atoms with Crippen LogP contribution in [0.1, 0.15) is 13.8 Å². The zero-order valence-electron chi connectivity index (χ0n) is 11.4. The van der Waals surface area contributed by atoms with Gasteiger partial charge in [0.2, 0.25) is 5.95 Å². The summed E-state index contributed by atoms with van der Waals surface area (Å²) in [5.74, 6) is 2.25. The predicted octanol–water partition coefficient (Wildman–Crippen LogP) is 2.76. The molecule has 0 fully saturated rings. The summed E-state index contributed by atoms with van der Waals surface area (Å²) in [6.07, 6.45) is 0. The molecular formula is C14H20N4. The third-order valence-electron chi connectivity index (χ3n) is 2.81. The van der Waals surface area contributed by atoms with Crippen molar-refractivity contribution >= 4 is 22.7 Å². The largest absolute Gasteiger partial charge is 0.359 e. The number of hydrogen-bond acceptors (Lipinski definition) is 4. The number of benzene rings is 1. The Morgan fingerprint density at radius 2 is 1.94 bits per heavy atom. The minimum Gasteiger partial charge on any atom is -0.359 e. The Kier molecular flexibility index (Phi) is 3.65.